The summed E-state index contributed by atoms with van der Waals surface area (Å²) in [6.45, 7) is 2.94. The standard InChI is InChI=1S/C10H12N2/c1-2-10-11-7-8-5-3-4-6-9(8)12-10/h3-6H,2,7H2,1H3,(H,11,12). The van der Waals surface area contributed by atoms with Gasteiger partial charge >= 0.3 is 0 Å². The number of rotatable bonds is 1. The quantitative estimate of drug-likeness (QED) is 0.670. The minimum absolute atomic E-state index is 0.826. The monoisotopic (exact) mass is 160 g/mol. The molecule has 0 spiro atoms. The SMILES string of the molecule is CCC1=NCc2ccccc2N1. The molecule has 1 heterocycles. The van der Waals surface area contributed by atoms with Crippen molar-refractivity contribution in [2.45, 2.75) is 19.9 Å². The van der Waals surface area contributed by atoms with Crippen molar-refractivity contribution in [1.82, 2.24) is 0 Å². The Labute approximate surface area is 72.3 Å². The van der Waals surface area contributed by atoms with E-state index in [-0.39, 0.29) is 0 Å². The van der Waals surface area contributed by atoms with Gasteiger partial charge in [-0.2, -0.15) is 0 Å². The molecule has 0 unspecified atom stereocenters. The second-order valence-corrected chi connectivity index (χ2v) is 2.90. The van der Waals surface area contributed by atoms with Gasteiger partial charge in [-0.25, -0.2) is 0 Å². The van der Waals surface area contributed by atoms with Crippen molar-refractivity contribution < 1.29 is 0 Å². The van der Waals surface area contributed by atoms with Crippen LogP contribution in [0.15, 0.2) is 29.3 Å². The van der Waals surface area contributed by atoms with Crippen LogP contribution in [-0.2, 0) is 6.54 Å². The molecule has 2 rings (SSSR count). The Hall–Kier alpha value is -1.31. The first kappa shape index (κ1) is 7.35. The van der Waals surface area contributed by atoms with E-state index in [1.165, 1.54) is 11.3 Å². The lowest BCUT2D eigenvalue weighted by atomic mass is 10.1. The highest BCUT2D eigenvalue weighted by molar-refractivity contribution is 5.97. The summed E-state index contributed by atoms with van der Waals surface area (Å²) in [6.07, 6.45) is 0.980. The number of hydrogen-bond acceptors (Lipinski definition) is 2. The van der Waals surface area contributed by atoms with Crippen LogP contribution in [0.5, 0.6) is 0 Å². The molecule has 0 saturated heterocycles. The molecule has 0 amide bonds. The van der Waals surface area contributed by atoms with Gasteiger partial charge in [0.05, 0.1) is 6.54 Å². The van der Waals surface area contributed by atoms with Crippen LogP contribution in [0.1, 0.15) is 18.9 Å². The second kappa shape index (κ2) is 2.97. The molecule has 12 heavy (non-hydrogen) atoms. The first-order valence-electron chi connectivity index (χ1n) is 4.28. The normalized spacial score (nSPS) is 14.6. The molecule has 1 aromatic rings. The number of fused-ring (bicyclic) bond motifs is 1. The predicted octanol–water partition coefficient (Wildman–Crippen LogP) is 2.42. The van der Waals surface area contributed by atoms with Gasteiger partial charge in [-0.3, -0.25) is 4.99 Å². The Morgan fingerprint density at radius 3 is 3.08 bits per heavy atom. The van der Waals surface area contributed by atoms with Gasteiger partial charge in [-0.15, -0.1) is 0 Å². The molecule has 0 bridgehead atoms. The van der Waals surface area contributed by atoms with Crippen LogP contribution in [0, 0.1) is 0 Å². The zero-order valence-electron chi connectivity index (χ0n) is 7.17. The van der Waals surface area contributed by atoms with Crippen molar-refractivity contribution in [3.8, 4) is 0 Å². The molecule has 1 aromatic carbocycles. The zero-order valence-corrected chi connectivity index (χ0v) is 7.17. The Morgan fingerprint density at radius 1 is 1.42 bits per heavy atom. The fraction of sp³-hybridized carbons (Fsp3) is 0.300. The molecule has 2 nitrogen and oxygen atoms in total. The third-order valence-electron chi connectivity index (χ3n) is 2.07. The van der Waals surface area contributed by atoms with Gasteiger partial charge in [0.1, 0.15) is 5.84 Å². The van der Waals surface area contributed by atoms with E-state index in [1.54, 1.807) is 0 Å². The van der Waals surface area contributed by atoms with Crippen LogP contribution < -0.4 is 5.32 Å². The van der Waals surface area contributed by atoms with Gasteiger partial charge in [-0.05, 0) is 11.6 Å². The summed E-state index contributed by atoms with van der Waals surface area (Å²) in [6, 6.07) is 8.30. The summed E-state index contributed by atoms with van der Waals surface area (Å²) in [4.78, 5) is 4.39. The maximum absolute atomic E-state index is 4.39. The van der Waals surface area contributed by atoms with Gasteiger partial charge in [0, 0.05) is 12.1 Å². The Bertz CT molecular complexity index is 315. The minimum atomic E-state index is 0.826. The molecule has 2 heteroatoms. The van der Waals surface area contributed by atoms with E-state index in [9.17, 15) is 0 Å². The first-order chi connectivity index (χ1) is 5.90. The molecule has 0 aliphatic carbocycles. The van der Waals surface area contributed by atoms with Crippen LogP contribution >= 0.6 is 0 Å². The minimum Gasteiger partial charge on any atom is -0.344 e. The highest BCUT2D eigenvalue weighted by Gasteiger charge is 2.07. The molecule has 1 aliphatic heterocycles. The Kier molecular flexibility index (Phi) is 1.82. The van der Waals surface area contributed by atoms with E-state index in [0.29, 0.717) is 0 Å². The second-order valence-electron chi connectivity index (χ2n) is 2.90. The molecular formula is C10H12N2. The van der Waals surface area contributed by atoms with Crippen LogP contribution in [0.2, 0.25) is 0 Å². The number of hydrogen-bond donors (Lipinski definition) is 1. The summed E-state index contributed by atoms with van der Waals surface area (Å²) >= 11 is 0. The fourth-order valence-electron chi connectivity index (χ4n) is 1.36. The number of aliphatic imine (C=N–C) groups is 1. The van der Waals surface area contributed by atoms with Gasteiger partial charge < -0.3 is 5.32 Å². The van der Waals surface area contributed by atoms with Crippen molar-refractivity contribution in [2.24, 2.45) is 4.99 Å². The van der Waals surface area contributed by atoms with Crippen LogP contribution in [0.4, 0.5) is 5.69 Å². The Morgan fingerprint density at radius 2 is 2.25 bits per heavy atom. The Balaban J connectivity index is 2.31. The molecule has 0 atom stereocenters. The van der Waals surface area contributed by atoms with E-state index in [2.05, 4.69) is 29.4 Å². The fourth-order valence-corrected chi connectivity index (χ4v) is 1.36. The third-order valence-corrected chi connectivity index (χ3v) is 2.07. The lowest BCUT2D eigenvalue weighted by molar-refractivity contribution is 1.02. The van der Waals surface area contributed by atoms with Crippen molar-refractivity contribution in [2.75, 3.05) is 5.32 Å². The van der Waals surface area contributed by atoms with Crippen LogP contribution in [-0.4, -0.2) is 5.84 Å². The van der Waals surface area contributed by atoms with E-state index < -0.39 is 0 Å². The first-order valence-corrected chi connectivity index (χ1v) is 4.28. The van der Waals surface area contributed by atoms with Gasteiger partial charge in [0.25, 0.3) is 0 Å². The molecule has 1 N–H and O–H groups in total. The molecule has 0 fully saturated rings. The van der Waals surface area contributed by atoms with Crippen molar-refractivity contribution in [3.63, 3.8) is 0 Å². The van der Waals surface area contributed by atoms with Gasteiger partial charge in [0.15, 0.2) is 0 Å². The highest BCUT2D eigenvalue weighted by atomic mass is 15.0. The molecule has 62 valence electrons. The molecule has 1 aliphatic rings. The van der Waals surface area contributed by atoms with Crippen molar-refractivity contribution in [3.05, 3.63) is 29.8 Å². The highest BCUT2D eigenvalue weighted by Crippen LogP contribution is 2.19. The maximum Gasteiger partial charge on any atom is 0.101 e. The number of nitrogens with one attached hydrogen (secondary N) is 1. The molecule has 0 aromatic heterocycles. The number of nitrogens with zero attached hydrogens (tertiary/aromatic N) is 1. The zero-order chi connectivity index (χ0) is 8.39. The topological polar surface area (TPSA) is 24.4 Å². The summed E-state index contributed by atoms with van der Waals surface area (Å²) in [5, 5.41) is 3.30. The number of amidine groups is 1. The lowest BCUT2D eigenvalue weighted by Crippen LogP contribution is -2.16. The average Bonchev–Trinajstić information content (AvgIpc) is 2.17. The van der Waals surface area contributed by atoms with Gasteiger partial charge in [-0.1, -0.05) is 25.1 Å². The molecule has 0 saturated carbocycles. The number of para-hydroxylation sites is 1. The van der Waals surface area contributed by atoms with E-state index in [4.69, 9.17) is 0 Å². The van der Waals surface area contributed by atoms with Gasteiger partial charge in [0.2, 0.25) is 0 Å². The number of anilines is 1. The van der Waals surface area contributed by atoms with Crippen LogP contribution in [0.25, 0.3) is 0 Å². The summed E-state index contributed by atoms with van der Waals surface area (Å²) in [5.41, 5.74) is 2.50. The van der Waals surface area contributed by atoms with Crippen LogP contribution in [0.3, 0.4) is 0 Å². The number of benzene rings is 1. The van der Waals surface area contributed by atoms with E-state index in [1.807, 2.05) is 12.1 Å². The largest absolute Gasteiger partial charge is 0.344 e. The summed E-state index contributed by atoms with van der Waals surface area (Å²) < 4.78 is 0. The maximum atomic E-state index is 4.39. The lowest BCUT2D eigenvalue weighted by Gasteiger charge is -2.16. The van der Waals surface area contributed by atoms with E-state index in [0.717, 1.165) is 18.8 Å². The van der Waals surface area contributed by atoms with Crippen molar-refractivity contribution >= 4 is 11.5 Å². The average molecular weight is 160 g/mol. The third kappa shape index (κ3) is 1.20. The molecule has 0 radical (unpaired) electrons. The molecular weight excluding hydrogens is 148 g/mol. The summed E-state index contributed by atoms with van der Waals surface area (Å²) in [5.74, 6) is 1.09. The summed E-state index contributed by atoms with van der Waals surface area (Å²) in [7, 11) is 0. The predicted molar refractivity (Wildman–Crippen MR) is 51.5 cm³/mol. The van der Waals surface area contributed by atoms with Crippen molar-refractivity contribution in [1.29, 1.82) is 0 Å². The van der Waals surface area contributed by atoms with E-state index >= 15 is 0 Å². The smallest absolute Gasteiger partial charge is 0.101 e.